The Morgan fingerprint density at radius 3 is 2.47 bits per heavy atom. The van der Waals surface area contributed by atoms with Crippen LogP contribution >= 0.6 is 23.2 Å². The van der Waals surface area contributed by atoms with Crippen LogP contribution in [0.25, 0.3) is 0 Å². The summed E-state index contributed by atoms with van der Waals surface area (Å²) in [5.74, 6) is 0.134. The molecule has 2 heterocycles. The number of halogens is 4. The first-order chi connectivity index (χ1) is 17.3. The highest BCUT2D eigenvalue weighted by atomic mass is 35.5. The first kappa shape index (κ1) is 27.2. The van der Waals surface area contributed by atoms with Crippen LogP contribution in [0, 0.1) is 11.7 Å². The Morgan fingerprint density at radius 2 is 1.89 bits per heavy atom. The molecule has 0 spiro atoms. The van der Waals surface area contributed by atoms with Crippen molar-refractivity contribution in [3.63, 3.8) is 0 Å². The van der Waals surface area contributed by atoms with E-state index in [1.807, 2.05) is 13.0 Å². The molecule has 4 rings (SSSR count). The molecule has 4 nitrogen and oxygen atoms in total. The van der Waals surface area contributed by atoms with E-state index < -0.39 is 17.9 Å². The molecule has 1 aromatic carbocycles. The normalized spacial score (nSPS) is 22.5. The van der Waals surface area contributed by atoms with Gasteiger partial charge in [0, 0.05) is 34.8 Å². The predicted molar refractivity (Wildman–Crippen MR) is 141 cm³/mol. The number of amides is 1. The smallest absolute Gasteiger partial charge is 0.256 e. The van der Waals surface area contributed by atoms with Crippen molar-refractivity contribution in [2.24, 2.45) is 5.92 Å². The van der Waals surface area contributed by atoms with Gasteiger partial charge in [0.15, 0.2) is 0 Å². The van der Waals surface area contributed by atoms with Crippen molar-refractivity contribution in [1.29, 1.82) is 0 Å². The monoisotopic (exact) mass is 538 g/mol. The molecule has 1 aliphatic carbocycles. The SMILES string of the molecule is C=C/C(Cl)=C(CN1CCC(COc2cc(F)c(C(=O)N3CCC(F)C3)cc2C2CC2)CC1)\C(Cl)=C/C. The van der Waals surface area contributed by atoms with E-state index in [1.54, 1.807) is 12.1 Å². The molecule has 0 aromatic heterocycles. The summed E-state index contributed by atoms with van der Waals surface area (Å²) in [5, 5.41) is 1.20. The summed E-state index contributed by atoms with van der Waals surface area (Å²) in [6.07, 6.45) is 6.63. The van der Waals surface area contributed by atoms with Gasteiger partial charge in [0.1, 0.15) is 17.7 Å². The summed E-state index contributed by atoms with van der Waals surface area (Å²) in [7, 11) is 0. The average Bonchev–Trinajstić information content (AvgIpc) is 3.64. The Bertz CT molecular complexity index is 1050. The molecule has 0 radical (unpaired) electrons. The van der Waals surface area contributed by atoms with Crippen LogP contribution in [-0.4, -0.2) is 61.2 Å². The van der Waals surface area contributed by atoms with Crippen LogP contribution < -0.4 is 4.74 Å². The number of piperidine rings is 1. The van der Waals surface area contributed by atoms with Gasteiger partial charge in [-0.25, -0.2) is 8.78 Å². The molecule has 1 aromatic rings. The molecule has 3 fully saturated rings. The van der Waals surface area contributed by atoms with Crippen LogP contribution in [0.15, 0.2) is 46.5 Å². The Balaban J connectivity index is 1.36. The van der Waals surface area contributed by atoms with Crippen molar-refractivity contribution < 1.29 is 18.3 Å². The number of hydrogen-bond donors (Lipinski definition) is 0. The molecule has 196 valence electrons. The van der Waals surface area contributed by atoms with Crippen molar-refractivity contribution in [3.05, 3.63) is 63.4 Å². The number of hydrogen-bond acceptors (Lipinski definition) is 3. The van der Waals surface area contributed by atoms with Gasteiger partial charge in [-0.1, -0.05) is 41.9 Å². The van der Waals surface area contributed by atoms with Gasteiger partial charge in [-0.3, -0.25) is 9.69 Å². The molecular formula is C28H34Cl2F2N2O2. The van der Waals surface area contributed by atoms with E-state index in [2.05, 4.69) is 11.5 Å². The fraction of sp³-hybridized carbons (Fsp3) is 0.536. The summed E-state index contributed by atoms with van der Waals surface area (Å²) in [4.78, 5) is 16.5. The molecule has 1 atom stereocenters. The molecule has 1 amide bonds. The lowest BCUT2D eigenvalue weighted by atomic mass is 9.97. The maximum atomic E-state index is 15.0. The van der Waals surface area contributed by atoms with Gasteiger partial charge in [0.25, 0.3) is 5.91 Å². The van der Waals surface area contributed by atoms with E-state index >= 15 is 0 Å². The highest BCUT2D eigenvalue weighted by Crippen LogP contribution is 2.45. The number of likely N-dealkylation sites (tertiary alicyclic amines) is 2. The lowest BCUT2D eigenvalue weighted by molar-refractivity contribution is 0.0778. The van der Waals surface area contributed by atoms with E-state index in [0.29, 0.717) is 47.8 Å². The quantitative estimate of drug-likeness (QED) is 0.324. The minimum absolute atomic E-state index is 0.0218. The summed E-state index contributed by atoms with van der Waals surface area (Å²) in [6.45, 7) is 8.92. The number of benzene rings is 1. The van der Waals surface area contributed by atoms with Crippen molar-refractivity contribution in [2.75, 3.05) is 39.3 Å². The van der Waals surface area contributed by atoms with Crippen molar-refractivity contribution in [2.45, 2.75) is 51.1 Å². The first-order valence-corrected chi connectivity index (χ1v) is 13.5. The van der Waals surface area contributed by atoms with Gasteiger partial charge in [0.2, 0.25) is 0 Å². The lowest BCUT2D eigenvalue weighted by Crippen LogP contribution is -2.37. The minimum atomic E-state index is -1.03. The zero-order valence-corrected chi connectivity index (χ0v) is 22.3. The van der Waals surface area contributed by atoms with Gasteiger partial charge in [0.05, 0.1) is 18.7 Å². The topological polar surface area (TPSA) is 32.8 Å². The van der Waals surface area contributed by atoms with E-state index in [4.69, 9.17) is 27.9 Å². The van der Waals surface area contributed by atoms with Crippen molar-refractivity contribution >= 4 is 29.1 Å². The third kappa shape index (κ3) is 6.51. The first-order valence-electron chi connectivity index (χ1n) is 12.8. The summed E-state index contributed by atoms with van der Waals surface area (Å²) in [5.41, 5.74) is 1.79. The number of allylic oxidation sites excluding steroid dienone is 3. The second-order valence-corrected chi connectivity index (χ2v) is 10.8. The Hall–Kier alpha value is -1.89. The van der Waals surface area contributed by atoms with Crippen molar-refractivity contribution in [1.82, 2.24) is 9.80 Å². The van der Waals surface area contributed by atoms with Gasteiger partial charge in [-0.15, -0.1) is 0 Å². The van der Waals surface area contributed by atoms with Gasteiger partial charge < -0.3 is 9.64 Å². The molecule has 2 aliphatic heterocycles. The number of nitrogens with zero attached hydrogens (tertiary/aromatic N) is 2. The third-order valence-corrected chi connectivity index (χ3v) is 8.17. The molecule has 36 heavy (non-hydrogen) atoms. The number of ether oxygens (including phenoxy) is 1. The number of rotatable bonds is 9. The molecule has 3 aliphatic rings. The molecule has 1 unspecified atom stereocenters. The number of carbonyl (C=O) groups is 1. The van der Waals surface area contributed by atoms with Crippen LogP contribution in [0.4, 0.5) is 8.78 Å². The van der Waals surface area contributed by atoms with Gasteiger partial charge >= 0.3 is 0 Å². The van der Waals surface area contributed by atoms with Crippen LogP contribution in [0.5, 0.6) is 5.75 Å². The molecule has 1 saturated carbocycles. The minimum Gasteiger partial charge on any atom is -0.493 e. The molecular weight excluding hydrogens is 505 g/mol. The van der Waals surface area contributed by atoms with E-state index in [9.17, 15) is 13.6 Å². The van der Waals surface area contributed by atoms with Crippen LogP contribution in [-0.2, 0) is 0 Å². The lowest BCUT2D eigenvalue weighted by Gasteiger charge is -2.32. The summed E-state index contributed by atoms with van der Waals surface area (Å²) < 4.78 is 34.7. The standard InChI is InChI=1S/C28H34Cl2F2N2O2/c1-3-24(29)23(25(30)4-2)16-33-10-7-18(8-11-33)17-36-27-14-26(32)22(13-21(27)19-5-6-19)28(35)34-12-9-20(31)15-34/h3-4,13-14,18-20H,1,5-12,15-17H2,2H3/b24-23+,25-4+. The third-order valence-electron chi connectivity index (χ3n) is 7.34. The zero-order chi connectivity index (χ0) is 25.8. The second-order valence-electron chi connectivity index (χ2n) is 9.98. The molecule has 0 bridgehead atoms. The number of carbonyl (C=O) groups excluding carboxylic acids is 1. The summed E-state index contributed by atoms with van der Waals surface area (Å²) in [6, 6.07) is 2.99. The van der Waals surface area contributed by atoms with Gasteiger partial charge in [-0.05, 0) is 75.6 Å². The van der Waals surface area contributed by atoms with E-state index in [1.165, 1.54) is 11.0 Å². The molecule has 8 heteroatoms. The average molecular weight is 539 g/mol. The Labute approximate surface area is 222 Å². The van der Waals surface area contributed by atoms with Crippen molar-refractivity contribution in [3.8, 4) is 5.75 Å². The largest absolute Gasteiger partial charge is 0.493 e. The van der Waals surface area contributed by atoms with Crippen LogP contribution in [0.1, 0.15) is 60.9 Å². The maximum Gasteiger partial charge on any atom is 0.256 e. The highest BCUT2D eigenvalue weighted by Gasteiger charge is 2.33. The van der Waals surface area contributed by atoms with E-state index in [0.717, 1.165) is 49.9 Å². The van der Waals surface area contributed by atoms with Crippen LogP contribution in [0.2, 0.25) is 0 Å². The fourth-order valence-electron chi connectivity index (χ4n) is 4.95. The molecule has 0 N–H and O–H groups in total. The van der Waals surface area contributed by atoms with Crippen LogP contribution in [0.3, 0.4) is 0 Å². The van der Waals surface area contributed by atoms with E-state index in [-0.39, 0.29) is 18.0 Å². The predicted octanol–water partition coefficient (Wildman–Crippen LogP) is 6.80. The molecule has 2 saturated heterocycles. The Kier molecular flexibility index (Phi) is 9.13. The highest BCUT2D eigenvalue weighted by molar-refractivity contribution is 6.36. The zero-order valence-electron chi connectivity index (χ0n) is 20.7. The second kappa shape index (κ2) is 12.1. The Morgan fingerprint density at radius 1 is 1.17 bits per heavy atom. The van der Waals surface area contributed by atoms with Gasteiger partial charge in [-0.2, -0.15) is 0 Å². The number of alkyl halides is 1. The summed E-state index contributed by atoms with van der Waals surface area (Å²) >= 11 is 12.7. The fourth-order valence-corrected chi connectivity index (χ4v) is 5.32. The maximum absolute atomic E-state index is 15.0.